The van der Waals surface area contributed by atoms with Crippen molar-refractivity contribution in [3.8, 4) is 17.3 Å². The lowest BCUT2D eigenvalue weighted by molar-refractivity contribution is 0.398. The number of nitrogens with one attached hydrogen (secondary N) is 1. The smallest absolute Gasteiger partial charge is 0.213 e. The fourth-order valence-electron chi connectivity index (χ4n) is 2.79. The zero-order chi connectivity index (χ0) is 15.4. The van der Waals surface area contributed by atoms with E-state index in [-0.39, 0.29) is 0 Å². The second kappa shape index (κ2) is 6.62. The Morgan fingerprint density at radius 2 is 1.95 bits per heavy atom. The average Bonchev–Trinajstić information content (AvgIpc) is 2.94. The van der Waals surface area contributed by atoms with Crippen LogP contribution in [0.5, 0.6) is 5.88 Å². The number of unbranched alkanes of at least 4 members (excludes halogenated alkanes) is 1. The van der Waals surface area contributed by atoms with E-state index in [4.69, 9.17) is 10.5 Å². The summed E-state index contributed by atoms with van der Waals surface area (Å²) in [7, 11) is 1.64. The molecule has 0 amide bonds. The molecule has 0 aliphatic heterocycles. The molecule has 0 radical (unpaired) electrons. The molecule has 3 N–H and O–H groups in total. The molecule has 0 saturated heterocycles. The van der Waals surface area contributed by atoms with Gasteiger partial charge in [0, 0.05) is 17.0 Å². The quantitative estimate of drug-likeness (QED) is 0.684. The number of aromatic amines is 1. The molecule has 114 valence electrons. The van der Waals surface area contributed by atoms with Gasteiger partial charge >= 0.3 is 0 Å². The van der Waals surface area contributed by atoms with E-state index in [2.05, 4.69) is 28.2 Å². The van der Waals surface area contributed by atoms with Crippen molar-refractivity contribution >= 4 is 10.9 Å². The summed E-state index contributed by atoms with van der Waals surface area (Å²) < 4.78 is 5.25. The Hall–Kier alpha value is -2.33. The van der Waals surface area contributed by atoms with Crippen LogP contribution in [0, 0.1) is 0 Å². The summed E-state index contributed by atoms with van der Waals surface area (Å²) in [6.07, 6.45) is 3.11. The maximum atomic E-state index is 5.63. The lowest BCUT2D eigenvalue weighted by Gasteiger charge is -2.06. The first kappa shape index (κ1) is 14.6. The van der Waals surface area contributed by atoms with Gasteiger partial charge in [0.2, 0.25) is 5.88 Å². The molecular weight excluding hydrogens is 274 g/mol. The lowest BCUT2D eigenvalue weighted by Crippen LogP contribution is -1.99. The number of aromatic nitrogens is 2. The van der Waals surface area contributed by atoms with E-state index in [1.807, 2.05) is 24.3 Å². The van der Waals surface area contributed by atoms with Crippen molar-refractivity contribution in [3.05, 3.63) is 48.0 Å². The summed E-state index contributed by atoms with van der Waals surface area (Å²) in [6.45, 7) is 0.731. The predicted molar refractivity (Wildman–Crippen MR) is 90.1 cm³/mol. The minimum Gasteiger partial charge on any atom is -0.481 e. The van der Waals surface area contributed by atoms with Gasteiger partial charge in [0.05, 0.1) is 18.5 Å². The van der Waals surface area contributed by atoms with E-state index < -0.39 is 0 Å². The van der Waals surface area contributed by atoms with Crippen molar-refractivity contribution in [1.82, 2.24) is 9.97 Å². The molecule has 0 fully saturated rings. The molecule has 2 aromatic heterocycles. The molecule has 0 saturated carbocycles. The zero-order valence-corrected chi connectivity index (χ0v) is 12.8. The number of para-hydroxylation sites is 1. The molecule has 4 nitrogen and oxygen atoms in total. The highest BCUT2D eigenvalue weighted by Crippen LogP contribution is 2.31. The van der Waals surface area contributed by atoms with E-state index in [9.17, 15) is 0 Å². The number of rotatable bonds is 6. The molecular formula is C18H21N3O. The molecule has 0 atom stereocenters. The molecule has 4 heteroatoms. The molecule has 0 spiro atoms. The number of benzene rings is 1. The highest BCUT2D eigenvalue weighted by Gasteiger charge is 2.14. The summed E-state index contributed by atoms with van der Waals surface area (Å²) >= 11 is 0. The summed E-state index contributed by atoms with van der Waals surface area (Å²) in [5.41, 5.74) is 10.1. The maximum Gasteiger partial charge on any atom is 0.213 e. The van der Waals surface area contributed by atoms with Crippen LogP contribution >= 0.6 is 0 Å². The highest BCUT2D eigenvalue weighted by molar-refractivity contribution is 5.90. The Bertz CT molecular complexity index is 764. The predicted octanol–water partition coefficient (Wildman–Crippen LogP) is 3.52. The van der Waals surface area contributed by atoms with Crippen molar-refractivity contribution in [1.29, 1.82) is 0 Å². The van der Waals surface area contributed by atoms with Gasteiger partial charge in [-0.2, -0.15) is 0 Å². The van der Waals surface area contributed by atoms with E-state index in [1.54, 1.807) is 7.11 Å². The van der Waals surface area contributed by atoms with Gasteiger partial charge in [0.15, 0.2) is 0 Å². The van der Waals surface area contributed by atoms with Gasteiger partial charge in [0.1, 0.15) is 0 Å². The summed E-state index contributed by atoms with van der Waals surface area (Å²) in [5, 5.41) is 1.26. The lowest BCUT2D eigenvalue weighted by atomic mass is 10.0. The first-order valence-corrected chi connectivity index (χ1v) is 7.64. The van der Waals surface area contributed by atoms with E-state index >= 15 is 0 Å². The number of H-pyrrole nitrogens is 1. The molecule has 0 bridgehead atoms. The van der Waals surface area contributed by atoms with E-state index in [0.717, 1.165) is 42.7 Å². The molecule has 1 aromatic carbocycles. The SMILES string of the molecule is COc1cccc(-c2[nH]c3ccccc3c2CCCCN)n1. The second-order valence-electron chi connectivity index (χ2n) is 5.34. The van der Waals surface area contributed by atoms with Gasteiger partial charge in [-0.15, -0.1) is 0 Å². The van der Waals surface area contributed by atoms with Crippen LogP contribution in [-0.2, 0) is 6.42 Å². The van der Waals surface area contributed by atoms with Crippen LogP contribution in [0.25, 0.3) is 22.3 Å². The molecule has 3 rings (SSSR count). The maximum absolute atomic E-state index is 5.63. The summed E-state index contributed by atoms with van der Waals surface area (Å²) in [4.78, 5) is 8.08. The third kappa shape index (κ3) is 2.83. The van der Waals surface area contributed by atoms with Gasteiger partial charge in [0.25, 0.3) is 0 Å². The Labute approximate surface area is 130 Å². The van der Waals surface area contributed by atoms with Crippen molar-refractivity contribution < 1.29 is 4.74 Å². The van der Waals surface area contributed by atoms with Crippen LogP contribution in [-0.4, -0.2) is 23.6 Å². The number of hydrogen-bond donors (Lipinski definition) is 2. The largest absolute Gasteiger partial charge is 0.481 e. The normalized spacial score (nSPS) is 11.0. The van der Waals surface area contributed by atoms with Gasteiger partial charge in [-0.05, 0) is 43.5 Å². The summed E-state index contributed by atoms with van der Waals surface area (Å²) in [6, 6.07) is 14.2. The van der Waals surface area contributed by atoms with E-state index in [1.165, 1.54) is 10.9 Å². The van der Waals surface area contributed by atoms with E-state index in [0.29, 0.717) is 5.88 Å². The highest BCUT2D eigenvalue weighted by atomic mass is 16.5. The number of hydrogen-bond acceptors (Lipinski definition) is 3. The number of aryl methyl sites for hydroxylation is 1. The molecule has 0 aliphatic carbocycles. The number of fused-ring (bicyclic) bond motifs is 1. The van der Waals surface area contributed by atoms with Gasteiger partial charge in [-0.3, -0.25) is 0 Å². The third-order valence-electron chi connectivity index (χ3n) is 3.88. The van der Waals surface area contributed by atoms with Crippen molar-refractivity contribution in [2.45, 2.75) is 19.3 Å². The minimum atomic E-state index is 0.629. The average molecular weight is 295 g/mol. The fraction of sp³-hybridized carbons (Fsp3) is 0.278. The number of nitrogens with two attached hydrogens (primary N) is 1. The first-order chi connectivity index (χ1) is 10.8. The topological polar surface area (TPSA) is 63.9 Å². The number of methoxy groups -OCH3 is 1. The third-order valence-corrected chi connectivity index (χ3v) is 3.88. The van der Waals surface area contributed by atoms with Crippen LogP contribution in [0.4, 0.5) is 0 Å². The zero-order valence-electron chi connectivity index (χ0n) is 12.8. The van der Waals surface area contributed by atoms with Gasteiger partial charge < -0.3 is 15.5 Å². The van der Waals surface area contributed by atoms with Crippen LogP contribution in [0.2, 0.25) is 0 Å². The van der Waals surface area contributed by atoms with Gasteiger partial charge in [-0.1, -0.05) is 24.3 Å². The molecule has 2 heterocycles. The Balaban J connectivity index is 2.08. The van der Waals surface area contributed by atoms with Crippen LogP contribution < -0.4 is 10.5 Å². The molecule has 0 aliphatic rings. The van der Waals surface area contributed by atoms with Crippen molar-refractivity contribution in [3.63, 3.8) is 0 Å². The van der Waals surface area contributed by atoms with Crippen molar-refractivity contribution in [2.24, 2.45) is 5.73 Å². The standard InChI is InChI=1S/C18H21N3O/c1-22-17-11-6-10-16(20-17)18-14(8-4-5-12-19)13-7-2-3-9-15(13)21-18/h2-3,6-7,9-11,21H,4-5,8,12,19H2,1H3. The Morgan fingerprint density at radius 1 is 1.09 bits per heavy atom. The second-order valence-corrected chi connectivity index (χ2v) is 5.34. The molecule has 0 unspecified atom stereocenters. The molecule has 22 heavy (non-hydrogen) atoms. The molecule has 3 aromatic rings. The minimum absolute atomic E-state index is 0.629. The number of nitrogens with zero attached hydrogens (tertiary/aromatic N) is 1. The monoisotopic (exact) mass is 295 g/mol. The van der Waals surface area contributed by atoms with Gasteiger partial charge in [-0.25, -0.2) is 4.98 Å². The Kier molecular flexibility index (Phi) is 4.39. The first-order valence-electron chi connectivity index (χ1n) is 7.64. The number of ether oxygens (including phenoxy) is 1. The van der Waals surface area contributed by atoms with Crippen LogP contribution in [0.15, 0.2) is 42.5 Å². The number of pyridine rings is 1. The van der Waals surface area contributed by atoms with Crippen LogP contribution in [0.3, 0.4) is 0 Å². The Morgan fingerprint density at radius 3 is 2.77 bits per heavy atom. The van der Waals surface area contributed by atoms with Crippen LogP contribution in [0.1, 0.15) is 18.4 Å². The fourth-order valence-corrected chi connectivity index (χ4v) is 2.79. The summed E-state index contributed by atoms with van der Waals surface area (Å²) in [5.74, 6) is 0.629. The van der Waals surface area contributed by atoms with Crippen molar-refractivity contribution in [2.75, 3.05) is 13.7 Å².